The summed E-state index contributed by atoms with van der Waals surface area (Å²) < 4.78 is 16.2. The van der Waals surface area contributed by atoms with E-state index in [2.05, 4.69) is 13.2 Å². The molecule has 1 rings (SSSR count). The molecule has 0 unspecified atom stereocenters. The second-order valence-electron chi connectivity index (χ2n) is 4.89. The van der Waals surface area contributed by atoms with Crippen LogP contribution in [0.15, 0.2) is 24.7 Å². The zero-order valence-corrected chi connectivity index (χ0v) is 10.4. The Morgan fingerprint density at radius 1 is 1.56 bits per heavy atom. The smallest absolute Gasteiger partial charge is 0.523 e. The highest BCUT2D eigenvalue weighted by Crippen LogP contribution is 2.29. The van der Waals surface area contributed by atoms with Gasteiger partial charge in [0.1, 0.15) is 11.2 Å². The van der Waals surface area contributed by atoms with Crippen molar-refractivity contribution in [3.8, 4) is 0 Å². The first kappa shape index (κ1) is 13.2. The van der Waals surface area contributed by atoms with E-state index in [1.807, 2.05) is 13.8 Å². The van der Waals surface area contributed by atoms with Crippen LogP contribution in [-0.2, 0) is 14.0 Å². The lowest BCUT2D eigenvalue weighted by molar-refractivity contribution is 0.0799. The average molecular weight is 224 g/mol. The van der Waals surface area contributed by atoms with Crippen LogP contribution in [0.25, 0.3) is 0 Å². The molecule has 16 heavy (non-hydrogen) atoms. The van der Waals surface area contributed by atoms with E-state index in [0.717, 1.165) is 0 Å². The first-order valence-corrected chi connectivity index (χ1v) is 5.21. The van der Waals surface area contributed by atoms with Crippen LogP contribution in [0.5, 0.6) is 0 Å². The Balaban J connectivity index is 2.42. The minimum atomic E-state index is -1.06. The monoisotopic (exact) mass is 224 g/mol. The van der Waals surface area contributed by atoms with Crippen molar-refractivity contribution >= 4 is 14.4 Å². The first-order valence-electron chi connectivity index (χ1n) is 5.21. The van der Waals surface area contributed by atoms with Crippen LogP contribution in [0.4, 0.5) is 0 Å². The molecular weight excluding hydrogens is 206 g/mol. The fourth-order valence-corrected chi connectivity index (χ4v) is 1.13. The normalized spacial score (nSPS) is 19.3. The Hall–Kier alpha value is -0.870. The molecule has 0 aromatic carbocycles. The summed E-state index contributed by atoms with van der Waals surface area (Å²) in [6.45, 7) is 14.4. The standard InChI is InChI=1S/C10H18B2O4/c1-7(9(3,4)13)14-11-12-15-8(2)10(5,6)16-12/h11,13H,1-2H2,3-6H3. The van der Waals surface area contributed by atoms with Gasteiger partial charge in [0, 0.05) is 0 Å². The second kappa shape index (κ2) is 4.18. The van der Waals surface area contributed by atoms with Crippen LogP contribution in [0.2, 0.25) is 0 Å². The minimum Gasteiger partial charge on any atom is -0.564 e. The third kappa shape index (κ3) is 3.06. The van der Waals surface area contributed by atoms with E-state index in [1.165, 1.54) is 0 Å². The molecule has 6 heteroatoms. The van der Waals surface area contributed by atoms with Gasteiger partial charge in [-0.15, -0.1) is 0 Å². The Kier molecular flexibility index (Phi) is 3.45. The van der Waals surface area contributed by atoms with Crippen LogP contribution < -0.4 is 0 Å². The zero-order chi connectivity index (χ0) is 12.6. The van der Waals surface area contributed by atoms with Crippen LogP contribution in [0.1, 0.15) is 27.7 Å². The van der Waals surface area contributed by atoms with Gasteiger partial charge >= 0.3 is 14.4 Å². The van der Waals surface area contributed by atoms with E-state index in [9.17, 15) is 5.11 Å². The maximum Gasteiger partial charge on any atom is 0.523 e. The molecule has 88 valence electrons. The molecule has 1 aliphatic rings. The first-order chi connectivity index (χ1) is 7.13. The van der Waals surface area contributed by atoms with Crippen molar-refractivity contribution < 1.29 is 19.1 Å². The molecule has 0 radical (unpaired) electrons. The van der Waals surface area contributed by atoms with E-state index < -0.39 is 18.2 Å². The van der Waals surface area contributed by atoms with E-state index in [-0.39, 0.29) is 13.1 Å². The molecule has 0 aliphatic carbocycles. The predicted molar refractivity (Wildman–Crippen MR) is 64.8 cm³/mol. The lowest BCUT2D eigenvalue weighted by atomic mass is 9.56. The third-order valence-electron chi connectivity index (χ3n) is 2.45. The van der Waals surface area contributed by atoms with Gasteiger partial charge in [-0.05, 0) is 27.7 Å². The number of hydrogen-bond donors (Lipinski definition) is 1. The van der Waals surface area contributed by atoms with Crippen molar-refractivity contribution in [2.24, 2.45) is 0 Å². The molecule has 0 aromatic rings. The van der Waals surface area contributed by atoms with Crippen LogP contribution >= 0.6 is 0 Å². The van der Waals surface area contributed by atoms with E-state index in [0.29, 0.717) is 5.76 Å². The van der Waals surface area contributed by atoms with E-state index in [1.54, 1.807) is 13.8 Å². The van der Waals surface area contributed by atoms with Gasteiger partial charge < -0.3 is 19.1 Å². The van der Waals surface area contributed by atoms with Gasteiger partial charge in [0.15, 0.2) is 0 Å². The van der Waals surface area contributed by atoms with Crippen molar-refractivity contribution in [2.75, 3.05) is 0 Å². The van der Waals surface area contributed by atoms with Crippen molar-refractivity contribution in [1.82, 2.24) is 0 Å². The maximum atomic E-state index is 9.59. The van der Waals surface area contributed by atoms with Gasteiger partial charge in [-0.2, -0.15) is 0 Å². The van der Waals surface area contributed by atoms with Crippen molar-refractivity contribution in [2.45, 2.75) is 38.9 Å². The highest BCUT2D eigenvalue weighted by Gasteiger charge is 2.43. The summed E-state index contributed by atoms with van der Waals surface area (Å²) in [6, 6.07) is 0. The Morgan fingerprint density at radius 2 is 2.12 bits per heavy atom. The molecular formula is C10H18B2O4. The fourth-order valence-electron chi connectivity index (χ4n) is 1.13. The number of hydrogen-bond acceptors (Lipinski definition) is 4. The quantitative estimate of drug-likeness (QED) is 0.570. The average Bonchev–Trinajstić information content (AvgIpc) is 2.35. The molecule has 0 bridgehead atoms. The largest absolute Gasteiger partial charge is 0.564 e. The molecule has 0 aromatic heterocycles. The molecule has 0 amide bonds. The number of aliphatic hydroxyl groups is 1. The van der Waals surface area contributed by atoms with Crippen LogP contribution in [0, 0.1) is 0 Å². The van der Waals surface area contributed by atoms with Gasteiger partial charge in [-0.1, -0.05) is 13.2 Å². The summed E-state index contributed by atoms with van der Waals surface area (Å²) in [7, 11) is -0.313. The fraction of sp³-hybridized carbons (Fsp3) is 0.600. The highest BCUT2D eigenvalue weighted by molar-refractivity contribution is 7.03. The minimum absolute atomic E-state index is 0.186. The molecule has 0 spiro atoms. The Morgan fingerprint density at radius 3 is 2.50 bits per heavy atom. The van der Waals surface area contributed by atoms with Gasteiger partial charge in [-0.25, -0.2) is 0 Å². The molecule has 0 atom stereocenters. The maximum absolute atomic E-state index is 9.59. The highest BCUT2D eigenvalue weighted by atomic mass is 16.7. The van der Waals surface area contributed by atoms with Crippen LogP contribution in [0.3, 0.4) is 0 Å². The predicted octanol–water partition coefficient (Wildman–Crippen LogP) is 0.963. The summed E-state index contributed by atoms with van der Waals surface area (Å²) in [5.74, 6) is 0.866. The summed E-state index contributed by atoms with van der Waals surface area (Å²) in [6.07, 6.45) is 0. The van der Waals surface area contributed by atoms with Crippen molar-refractivity contribution in [3.05, 3.63) is 24.7 Å². The Bertz CT molecular complexity index is 306. The molecule has 1 fully saturated rings. The molecule has 4 nitrogen and oxygen atoms in total. The van der Waals surface area contributed by atoms with Gasteiger partial charge in [0.2, 0.25) is 0 Å². The summed E-state index contributed by atoms with van der Waals surface area (Å²) >= 11 is 0. The number of rotatable bonds is 4. The van der Waals surface area contributed by atoms with Gasteiger partial charge in [0.05, 0.1) is 11.5 Å². The molecule has 1 heterocycles. The molecule has 0 saturated carbocycles. The van der Waals surface area contributed by atoms with E-state index in [4.69, 9.17) is 14.0 Å². The summed E-state index contributed by atoms with van der Waals surface area (Å²) in [4.78, 5) is 0. The lowest BCUT2D eigenvalue weighted by Gasteiger charge is -2.21. The molecule has 1 saturated heterocycles. The second-order valence-corrected chi connectivity index (χ2v) is 4.89. The van der Waals surface area contributed by atoms with Gasteiger partial charge in [0.25, 0.3) is 0 Å². The zero-order valence-electron chi connectivity index (χ0n) is 10.4. The molecule has 1 N–H and O–H groups in total. The van der Waals surface area contributed by atoms with E-state index >= 15 is 0 Å². The summed E-state index contributed by atoms with van der Waals surface area (Å²) in [5, 5.41) is 9.59. The van der Waals surface area contributed by atoms with Gasteiger partial charge in [-0.3, -0.25) is 0 Å². The topological polar surface area (TPSA) is 47.9 Å². The van der Waals surface area contributed by atoms with Crippen molar-refractivity contribution in [3.63, 3.8) is 0 Å². The third-order valence-corrected chi connectivity index (χ3v) is 2.45. The Labute approximate surface area is 97.7 Å². The SMILES string of the molecule is C=C(OBB1OC(=C)C(C)(C)O1)C(C)(C)O. The van der Waals surface area contributed by atoms with Crippen molar-refractivity contribution in [1.29, 1.82) is 0 Å². The van der Waals surface area contributed by atoms with Crippen LogP contribution in [-0.4, -0.2) is 30.7 Å². The molecule has 1 aliphatic heterocycles. The summed E-state index contributed by atoms with van der Waals surface area (Å²) in [5.41, 5.74) is -1.56. The lowest BCUT2D eigenvalue weighted by Crippen LogP contribution is -2.33.